The number of carbonyl (C=O) groups excluding carboxylic acids is 1. The topological polar surface area (TPSA) is 92.4 Å². The van der Waals surface area contributed by atoms with Crippen LogP contribution in [0.4, 0.5) is 4.39 Å². The van der Waals surface area contributed by atoms with Crippen molar-refractivity contribution in [1.82, 2.24) is 15.1 Å². The number of methoxy groups -OCH3 is 1. The second-order valence-corrected chi connectivity index (χ2v) is 9.61. The van der Waals surface area contributed by atoms with Crippen molar-refractivity contribution < 1.29 is 22.3 Å². The zero-order valence-corrected chi connectivity index (χ0v) is 17.7. The Kier molecular flexibility index (Phi) is 5.77. The number of likely N-dealkylation sites (tertiary alicyclic amines) is 1. The van der Waals surface area contributed by atoms with E-state index in [1.165, 1.54) is 19.2 Å². The standard InChI is InChI=1S/C22H22FN3O4S/c1-30-17-6-8-18(9-7-17)31(28,29)19-10-12-26(13-11-19)22(27)21-14-20(24-25-21)15-2-4-16(23)5-3-15/h2-9,14,19H,10-13H2,1H3,(H,24,25). The predicted molar refractivity (Wildman–Crippen MR) is 113 cm³/mol. The monoisotopic (exact) mass is 443 g/mol. The van der Waals surface area contributed by atoms with Crippen LogP contribution in [0.2, 0.25) is 0 Å². The molecule has 0 atom stereocenters. The van der Waals surface area contributed by atoms with Gasteiger partial charge in [-0.3, -0.25) is 9.89 Å². The Morgan fingerprint density at radius 1 is 1.10 bits per heavy atom. The molecule has 1 aromatic heterocycles. The van der Waals surface area contributed by atoms with Crippen molar-refractivity contribution in [2.24, 2.45) is 0 Å². The van der Waals surface area contributed by atoms with Crippen LogP contribution in [0.25, 0.3) is 11.3 Å². The predicted octanol–water partition coefficient (Wildman–Crippen LogP) is 3.30. The lowest BCUT2D eigenvalue weighted by Crippen LogP contribution is -2.42. The van der Waals surface area contributed by atoms with Crippen LogP contribution < -0.4 is 4.74 Å². The van der Waals surface area contributed by atoms with E-state index in [4.69, 9.17) is 4.74 Å². The van der Waals surface area contributed by atoms with Gasteiger partial charge >= 0.3 is 0 Å². The fourth-order valence-corrected chi connectivity index (χ4v) is 5.43. The quantitative estimate of drug-likeness (QED) is 0.653. The SMILES string of the molecule is COc1ccc(S(=O)(=O)C2CCN(C(=O)c3cc(-c4ccc(F)cc4)n[nH]3)CC2)cc1. The molecule has 4 rings (SSSR count). The van der Waals surface area contributed by atoms with Crippen molar-refractivity contribution in [3.63, 3.8) is 0 Å². The molecule has 0 spiro atoms. The molecule has 2 heterocycles. The Labute approximate surface area is 179 Å². The minimum Gasteiger partial charge on any atom is -0.497 e. The zero-order valence-electron chi connectivity index (χ0n) is 16.9. The van der Waals surface area contributed by atoms with Crippen LogP contribution in [-0.2, 0) is 9.84 Å². The maximum absolute atomic E-state index is 13.1. The van der Waals surface area contributed by atoms with Crippen molar-refractivity contribution in [1.29, 1.82) is 0 Å². The minimum absolute atomic E-state index is 0.235. The number of rotatable bonds is 5. The van der Waals surface area contributed by atoms with Crippen LogP contribution >= 0.6 is 0 Å². The van der Waals surface area contributed by atoms with Crippen molar-refractivity contribution in [2.45, 2.75) is 23.0 Å². The average Bonchev–Trinajstić information content (AvgIpc) is 3.29. The van der Waals surface area contributed by atoms with Crippen molar-refractivity contribution >= 4 is 15.7 Å². The molecule has 1 amide bonds. The number of hydrogen-bond acceptors (Lipinski definition) is 5. The zero-order chi connectivity index (χ0) is 22.0. The number of aromatic amines is 1. The van der Waals surface area contributed by atoms with Gasteiger partial charge in [-0.1, -0.05) is 0 Å². The molecular weight excluding hydrogens is 421 g/mol. The molecule has 1 saturated heterocycles. The number of carbonyl (C=O) groups is 1. The average molecular weight is 444 g/mol. The molecule has 2 aromatic carbocycles. The third-order valence-corrected chi connectivity index (χ3v) is 7.78. The van der Waals surface area contributed by atoms with Crippen LogP contribution in [0.15, 0.2) is 59.5 Å². The van der Waals surface area contributed by atoms with Gasteiger partial charge in [0.2, 0.25) is 0 Å². The third-order valence-electron chi connectivity index (χ3n) is 5.50. The summed E-state index contributed by atoms with van der Waals surface area (Å²) in [5.41, 5.74) is 1.55. The first-order valence-electron chi connectivity index (χ1n) is 9.87. The molecule has 0 bridgehead atoms. The number of amides is 1. The maximum atomic E-state index is 13.1. The number of halogens is 1. The van der Waals surface area contributed by atoms with E-state index >= 15 is 0 Å². The van der Waals surface area contributed by atoms with Gasteiger partial charge in [0, 0.05) is 18.7 Å². The van der Waals surface area contributed by atoms with E-state index in [2.05, 4.69) is 10.2 Å². The number of piperidine rings is 1. The highest BCUT2D eigenvalue weighted by atomic mass is 32.2. The molecule has 0 saturated carbocycles. The summed E-state index contributed by atoms with van der Waals surface area (Å²) in [6.07, 6.45) is 0.720. The van der Waals surface area contributed by atoms with E-state index in [1.807, 2.05) is 0 Å². The first kappa shape index (κ1) is 21.0. The Balaban J connectivity index is 1.41. The summed E-state index contributed by atoms with van der Waals surface area (Å²) in [5, 5.41) is 6.33. The summed E-state index contributed by atoms with van der Waals surface area (Å²) in [6, 6.07) is 13.8. The molecule has 7 nitrogen and oxygen atoms in total. The van der Waals surface area contributed by atoms with Gasteiger partial charge in [-0.15, -0.1) is 0 Å². The van der Waals surface area contributed by atoms with Crippen LogP contribution in [0, 0.1) is 5.82 Å². The summed E-state index contributed by atoms with van der Waals surface area (Å²) in [6.45, 7) is 0.674. The normalized spacial score (nSPS) is 15.1. The van der Waals surface area contributed by atoms with Crippen LogP contribution in [0.1, 0.15) is 23.3 Å². The number of H-pyrrole nitrogens is 1. The lowest BCUT2D eigenvalue weighted by Gasteiger charge is -2.31. The van der Waals surface area contributed by atoms with E-state index in [-0.39, 0.29) is 16.6 Å². The molecule has 9 heteroatoms. The van der Waals surface area contributed by atoms with Gasteiger partial charge in [-0.2, -0.15) is 5.10 Å². The van der Waals surface area contributed by atoms with E-state index in [1.54, 1.807) is 47.4 Å². The van der Waals surface area contributed by atoms with Crippen LogP contribution in [-0.4, -0.2) is 54.9 Å². The summed E-state index contributed by atoms with van der Waals surface area (Å²) in [4.78, 5) is 14.7. The number of nitrogens with zero attached hydrogens (tertiary/aromatic N) is 2. The van der Waals surface area contributed by atoms with Gasteiger partial charge in [-0.25, -0.2) is 12.8 Å². The van der Waals surface area contributed by atoms with Gasteiger partial charge < -0.3 is 9.64 Å². The Morgan fingerprint density at radius 2 is 1.74 bits per heavy atom. The maximum Gasteiger partial charge on any atom is 0.271 e. The molecule has 31 heavy (non-hydrogen) atoms. The van der Waals surface area contributed by atoms with Crippen molar-refractivity contribution in [2.75, 3.05) is 20.2 Å². The highest BCUT2D eigenvalue weighted by molar-refractivity contribution is 7.92. The summed E-state index contributed by atoms with van der Waals surface area (Å²) >= 11 is 0. The van der Waals surface area contributed by atoms with Crippen LogP contribution in [0.3, 0.4) is 0 Å². The van der Waals surface area contributed by atoms with E-state index in [0.717, 1.165) is 0 Å². The molecule has 1 N–H and O–H groups in total. The number of ether oxygens (including phenoxy) is 1. The molecule has 1 aliphatic heterocycles. The molecule has 0 aliphatic carbocycles. The van der Waals surface area contributed by atoms with Crippen molar-refractivity contribution in [3.05, 3.63) is 66.1 Å². The van der Waals surface area contributed by atoms with E-state index in [9.17, 15) is 17.6 Å². The summed E-state index contributed by atoms with van der Waals surface area (Å²) < 4.78 is 44.0. The fraction of sp³-hybridized carbons (Fsp3) is 0.273. The van der Waals surface area contributed by atoms with Crippen LogP contribution in [0.5, 0.6) is 5.75 Å². The number of hydrogen-bond donors (Lipinski definition) is 1. The second kappa shape index (κ2) is 8.50. The molecule has 1 fully saturated rings. The summed E-state index contributed by atoms with van der Waals surface area (Å²) in [7, 11) is -1.95. The summed E-state index contributed by atoms with van der Waals surface area (Å²) in [5.74, 6) is 0.0168. The Bertz CT molecular complexity index is 1170. The van der Waals surface area contributed by atoms with Gasteiger partial charge in [-0.05, 0) is 67.4 Å². The lowest BCUT2D eigenvalue weighted by molar-refractivity contribution is 0.0719. The number of sulfone groups is 1. The van der Waals surface area contributed by atoms with Gasteiger partial charge in [0.15, 0.2) is 9.84 Å². The van der Waals surface area contributed by atoms with Gasteiger partial charge in [0.25, 0.3) is 5.91 Å². The highest BCUT2D eigenvalue weighted by Gasteiger charge is 2.33. The smallest absolute Gasteiger partial charge is 0.271 e. The molecular formula is C22H22FN3O4S. The Hall–Kier alpha value is -3.20. The van der Waals surface area contributed by atoms with Gasteiger partial charge in [0.1, 0.15) is 17.3 Å². The number of aromatic nitrogens is 2. The second-order valence-electron chi connectivity index (χ2n) is 7.39. The number of benzene rings is 2. The van der Waals surface area contributed by atoms with E-state index < -0.39 is 15.1 Å². The van der Waals surface area contributed by atoms with Gasteiger partial charge in [0.05, 0.1) is 22.9 Å². The lowest BCUT2D eigenvalue weighted by atomic mass is 10.1. The highest BCUT2D eigenvalue weighted by Crippen LogP contribution is 2.27. The molecule has 162 valence electrons. The largest absolute Gasteiger partial charge is 0.497 e. The first-order valence-corrected chi connectivity index (χ1v) is 11.4. The molecule has 0 unspecified atom stereocenters. The molecule has 0 radical (unpaired) electrons. The third kappa shape index (κ3) is 4.32. The molecule has 3 aromatic rings. The van der Waals surface area contributed by atoms with Crippen molar-refractivity contribution in [3.8, 4) is 17.0 Å². The van der Waals surface area contributed by atoms with E-state index in [0.29, 0.717) is 48.6 Å². The fourth-order valence-electron chi connectivity index (χ4n) is 3.70. The Morgan fingerprint density at radius 3 is 2.35 bits per heavy atom. The number of nitrogens with one attached hydrogen (secondary N) is 1. The molecule has 1 aliphatic rings. The minimum atomic E-state index is -3.48. The first-order chi connectivity index (χ1) is 14.9.